The molecule has 5 heteroatoms. The van der Waals surface area contributed by atoms with Gasteiger partial charge in [-0.25, -0.2) is 4.79 Å². The maximum Gasteiger partial charge on any atom is 0.373 e. The highest BCUT2D eigenvalue weighted by molar-refractivity contribution is 5.86. The third-order valence-electron chi connectivity index (χ3n) is 4.13. The van der Waals surface area contributed by atoms with Crippen molar-refractivity contribution in [2.75, 3.05) is 19.8 Å². The molecule has 1 aliphatic rings. The Kier molecular flexibility index (Phi) is 7.70. The minimum Gasteiger partial charge on any atom is -0.457 e. The highest BCUT2D eigenvalue weighted by atomic mass is 16.7. The summed E-state index contributed by atoms with van der Waals surface area (Å²) in [6.07, 6.45) is 4.13. The fourth-order valence-corrected chi connectivity index (χ4v) is 3.01. The van der Waals surface area contributed by atoms with E-state index in [4.69, 9.17) is 14.2 Å². The van der Waals surface area contributed by atoms with Crippen LogP contribution in [0.5, 0.6) is 0 Å². The monoisotopic (exact) mass is 346 g/mol. The van der Waals surface area contributed by atoms with Crippen LogP contribution in [0.1, 0.15) is 31.2 Å². The van der Waals surface area contributed by atoms with Crippen LogP contribution in [0.4, 0.5) is 0 Å². The van der Waals surface area contributed by atoms with Crippen molar-refractivity contribution in [3.63, 3.8) is 0 Å². The molecule has 0 aliphatic carbocycles. The fraction of sp³-hybridized carbons (Fsp3) is 0.450. The van der Waals surface area contributed by atoms with Crippen molar-refractivity contribution >= 4 is 5.97 Å². The zero-order chi connectivity index (χ0) is 18.1. The molecule has 25 heavy (non-hydrogen) atoms. The van der Waals surface area contributed by atoms with Gasteiger partial charge in [-0.3, -0.25) is 0 Å². The van der Waals surface area contributed by atoms with Gasteiger partial charge in [0, 0.05) is 25.0 Å². The number of allylic oxidation sites excluding steroid dienone is 1. The van der Waals surface area contributed by atoms with Crippen molar-refractivity contribution in [3.05, 3.63) is 60.4 Å². The van der Waals surface area contributed by atoms with Gasteiger partial charge in [0.05, 0.1) is 0 Å². The summed E-state index contributed by atoms with van der Waals surface area (Å²) in [5, 5.41) is 9.23. The second-order valence-corrected chi connectivity index (χ2v) is 5.83. The van der Waals surface area contributed by atoms with Gasteiger partial charge in [-0.2, -0.15) is 0 Å². The first-order chi connectivity index (χ1) is 12.2. The summed E-state index contributed by atoms with van der Waals surface area (Å²) in [5.74, 6) is -0.407. The van der Waals surface area contributed by atoms with Crippen LogP contribution < -0.4 is 0 Å². The molecule has 5 nitrogen and oxygen atoms in total. The lowest BCUT2D eigenvalue weighted by atomic mass is 9.80. The van der Waals surface area contributed by atoms with E-state index in [0.29, 0.717) is 13.0 Å². The summed E-state index contributed by atoms with van der Waals surface area (Å²) >= 11 is 0. The normalized spacial score (nSPS) is 22.6. The Labute approximate surface area is 148 Å². The molecule has 0 saturated carbocycles. The van der Waals surface area contributed by atoms with Crippen LogP contribution in [0.3, 0.4) is 0 Å². The van der Waals surface area contributed by atoms with E-state index in [1.807, 2.05) is 37.3 Å². The second kappa shape index (κ2) is 10.0. The number of aliphatic hydroxyl groups excluding tert-OH is 1. The number of carbonyl (C=O) groups is 1. The quantitative estimate of drug-likeness (QED) is 0.550. The summed E-state index contributed by atoms with van der Waals surface area (Å²) < 4.78 is 16.7. The lowest BCUT2D eigenvalue weighted by Crippen LogP contribution is -2.36. The van der Waals surface area contributed by atoms with Crippen molar-refractivity contribution in [1.82, 2.24) is 0 Å². The van der Waals surface area contributed by atoms with Gasteiger partial charge < -0.3 is 19.3 Å². The molecule has 0 aromatic heterocycles. The number of ether oxygens (including phenoxy) is 3. The summed E-state index contributed by atoms with van der Waals surface area (Å²) in [4.78, 5) is 12.2. The van der Waals surface area contributed by atoms with Gasteiger partial charge in [0.2, 0.25) is 12.0 Å². The summed E-state index contributed by atoms with van der Waals surface area (Å²) in [7, 11) is 0. The fourth-order valence-electron chi connectivity index (χ4n) is 3.01. The highest BCUT2D eigenvalue weighted by Gasteiger charge is 2.38. The molecule has 0 saturated heterocycles. The first kappa shape index (κ1) is 19.2. The van der Waals surface area contributed by atoms with Crippen LogP contribution in [0.15, 0.2) is 54.8 Å². The van der Waals surface area contributed by atoms with E-state index in [1.54, 1.807) is 6.08 Å². The maximum atomic E-state index is 12.2. The zero-order valence-electron chi connectivity index (χ0n) is 14.6. The Balaban J connectivity index is 2.34. The first-order valence-electron chi connectivity index (χ1n) is 8.65. The smallest absolute Gasteiger partial charge is 0.373 e. The van der Waals surface area contributed by atoms with Gasteiger partial charge in [0.1, 0.15) is 6.61 Å². The van der Waals surface area contributed by atoms with E-state index < -0.39 is 12.3 Å². The largest absolute Gasteiger partial charge is 0.457 e. The third-order valence-corrected chi connectivity index (χ3v) is 4.13. The molecule has 1 unspecified atom stereocenters. The van der Waals surface area contributed by atoms with E-state index in [1.165, 1.54) is 6.08 Å². The number of hydrogen-bond donors (Lipinski definition) is 1. The van der Waals surface area contributed by atoms with E-state index in [2.05, 4.69) is 6.58 Å². The van der Waals surface area contributed by atoms with Gasteiger partial charge in [-0.15, -0.1) is 0 Å². The summed E-state index contributed by atoms with van der Waals surface area (Å²) in [6.45, 7) is 6.13. The predicted octanol–water partition coefficient (Wildman–Crippen LogP) is 3.16. The number of hydrogen-bond acceptors (Lipinski definition) is 5. The van der Waals surface area contributed by atoms with E-state index >= 15 is 0 Å². The Morgan fingerprint density at radius 2 is 2.12 bits per heavy atom. The number of esters is 1. The molecule has 0 amide bonds. The Bertz CT molecular complexity index is 581. The van der Waals surface area contributed by atoms with Gasteiger partial charge in [0.25, 0.3) is 0 Å². The first-order valence-corrected chi connectivity index (χ1v) is 8.65. The minimum absolute atomic E-state index is 0.00505. The predicted molar refractivity (Wildman–Crippen MR) is 94.7 cm³/mol. The molecule has 1 aliphatic heterocycles. The number of benzene rings is 1. The molecule has 1 heterocycles. The standard InChI is InChI=1S/C20H26O5/c1-3-13-24-19(22)18-14-17(15-9-6-5-7-10-15)16(11-8-12-21)20(25-18)23-4-2/h3,5-7,9-10,14,16-17,20-21H,1,4,8,11-13H2,2H3/t16-,17-,20?/m1/s1. The average molecular weight is 346 g/mol. The van der Waals surface area contributed by atoms with Crippen molar-refractivity contribution in [2.45, 2.75) is 32.0 Å². The Morgan fingerprint density at radius 1 is 1.36 bits per heavy atom. The van der Waals surface area contributed by atoms with Crippen LogP contribution in [-0.2, 0) is 19.0 Å². The SMILES string of the molecule is C=CCOC(=O)C1=C[C@H](c2ccccc2)[C@@H](CCCO)C(OCC)O1. The molecule has 0 bridgehead atoms. The molecular weight excluding hydrogens is 320 g/mol. The molecule has 1 N–H and O–H groups in total. The Morgan fingerprint density at radius 3 is 2.76 bits per heavy atom. The lowest BCUT2D eigenvalue weighted by Gasteiger charge is -2.36. The topological polar surface area (TPSA) is 65.0 Å². The second-order valence-electron chi connectivity index (χ2n) is 5.83. The molecule has 3 atom stereocenters. The molecule has 136 valence electrons. The van der Waals surface area contributed by atoms with Crippen LogP contribution >= 0.6 is 0 Å². The van der Waals surface area contributed by atoms with Crippen molar-refractivity contribution in [3.8, 4) is 0 Å². The molecular formula is C20H26O5. The third kappa shape index (κ3) is 5.18. The van der Waals surface area contributed by atoms with Gasteiger partial charge in [0.15, 0.2) is 0 Å². The Hall–Kier alpha value is -2.11. The van der Waals surface area contributed by atoms with Crippen molar-refractivity contribution in [2.24, 2.45) is 5.92 Å². The maximum absolute atomic E-state index is 12.2. The molecule has 0 fully saturated rings. The molecule has 0 spiro atoms. The van der Waals surface area contributed by atoms with E-state index in [-0.39, 0.29) is 30.8 Å². The van der Waals surface area contributed by atoms with Crippen molar-refractivity contribution < 1.29 is 24.1 Å². The van der Waals surface area contributed by atoms with Crippen LogP contribution in [0.25, 0.3) is 0 Å². The van der Waals surface area contributed by atoms with Crippen LogP contribution in [0.2, 0.25) is 0 Å². The highest BCUT2D eigenvalue weighted by Crippen LogP contribution is 2.39. The average Bonchev–Trinajstić information content (AvgIpc) is 2.65. The van der Waals surface area contributed by atoms with Crippen molar-refractivity contribution in [1.29, 1.82) is 0 Å². The van der Waals surface area contributed by atoms with Gasteiger partial charge in [-0.05, 0) is 31.4 Å². The van der Waals surface area contributed by atoms with Crippen LogP contribution in [0, 0.1) is 5.92 Å². The molecule has 2 rings (SSSR count). The summed E-state index contributed by atoms with van der Waals surface area (Å²) in [6, 6.07) is 9.93. The molecule has 1 aromatic rings. The van der Waals surface area contributed by atoms with E-state index in [0.717, 1.165) is 12.0 Å². The van der Waals surface area contributed by atoms with Crippen LogP contribution in [-0.4, -0.2) is 37.2 Å². The number of carbonyl (C=O) groups excluding carboxylic acids is 1. The lowest BCUT2D eigenvalue weighted by molar-refractivity contribution is -0.175. The minimum atomic E-state index is -0.557. The number of rotatable bonds is 9. The number of aliphatic hydroxyl groups is 1. The zero-order valence-corrected chi connectivity index (χ0v) is 14.6. The van der Waals surface area contributed by atoms with E-state index in [9.17, 15) is 9.90 Å². The van der Waals surface area contributed by atoms with Gasteiger partial charge >= 0.3 is 5.97 Å². The molecule has 1 aromatic carbocycles. The van der Waals surface area contributed by atoms with Gasteiger partial charge in [-0.1, -0.05) is 43.0 Å². The summed E-state index contributed by atoms with van der Waals surface area (Å²) in [5.41, 5.74) is 1.08. The molecule has 0 radical (unpaired) electrons.